The molecule has 0 atom stereocenters. The van der Waals surface area contributed by atoms with E-state index in [-0.39, 0.29) is 5.91 Å². The molecular weight excluding hydrogens is 320 g/mol. The Bertz CT molecular complexity index is 656. The third-order valence-electron chi connectivity index (χ3n) is 2.92. The lowest BCUT2D eigenvalue weighted by molar-refractivity contribution is 0.102. The number of anilines is 2. The highest BCUT2D eigenvalue weighted by Gasteiger charge is 2.11. The fourth-order valence-corrected chi connectivity index (χ4v) is 2.03. The van der Waals surface area contributed by atoms with Crippen molar-refractivity contribution in [2.45, 2.75) is 6.92 Å². The molecule has 0 unspecified atom stereocenters. The van der Waals surface area contributed by atoms with E-state index in [1.54, 1.807) is 25.3 Å². The molecule has 0 spiro atoms. The average Bonchev–Trinajstić information content (AvgIpc) is 2.43. The number of nitrogens with one attached hydrogen (secondary N) is 1. The number of hydrogen-bond donors (Lipinski definition) is 2. The Kier molecular flexibility index (Phi) is 4.29. The van der Waals surface area contributed by atoms with Gasteiger partial charge < -0.3 is 15.8 Å². The Hall–Kier alpha value is -2.01. The highest BCUT2D eigenvalue weighted by molar-refractivity contribution is 9.10. The zero-order chi connectivity index (χ0) is 14.7. The first kappa shape index (κ1) is 14.4. The number of ether oxygens (including phenoxy) is 1. The summed E-state index contributed by atoms with van der Waals surface area (Å²) in [6.45, 7) is 1.96. The summed E-state index contributed by atoms with van der Waals surface area (Å²) in [7, 11) is 1.55. The number of carbonyl (C=O) groups excluding carboxylic acids is 1. The topological polar surface area (TPSA) is 64.3 Å². The van der Waals surface area contributed by atoms with Crippen molar-refractivity contribution in [1.29, 1.82) is 0 Å². The number of methoxy groups -OCH3 is 1. The van der Waals surface area contributed by atoms with Crippen LogP contribution in [0.1, 0.15) is 15.9 Å². The lowest BCUT2D eigenvalue weighted by Crippen LogP contribution is -2.14. The second kappa shape index (κ2) is 5.96. The van der Waals surface area contributed by atoms with Crippen LogP contribution in [0.15, 0.2) is 40.9 Å². The van der Waals surface area contributed by atoms with Crippen molar-refractivity contribution in [3.8, 4) is 5.75 Å². The molecular formula is C15H15BrN2O2. The van der Waals surface area contributed by atoms with Crippen molar-refractivity contribution in [2.75, 3.05) is 18.2 Å². The van der Waals surface area contributed by atoms with Crippen LogP contribution in [0.4, 0.5) is 11.4 Å². The van der Waals surface area contributed by atoms with Crippen molar-refractivity contribution in [3.05, 3.63) is 52.0 Å². The van der Waals surface area contributed by atoms with Gasteiger partial charge in [-0.3, -0.25) is 4.79 Å². The molecule has 20 heavy (non-hydrogen) atoms. The molecule has 5 heteroatoms. The van der Waals surface area contributed by atoms with Crippen LogP contribution >= 0.6 is 15.9 Å². The van der Waals surface area contributed by atoms with Crippen LogP contribution in [0.2, 0.25) is 0 Å². The van der Waals surface area contributed by atoms with Crippen LogP contribution in [0, 0.1) is 6.92 Å². The first-order valence-electron chi connectivity index (χ1n) is 6.02. The van der Waals surface area contributed by atoms with Gasteiger partial charge in [0.05, 0.1) is 12.7 Å². The smallest absolute Gasteiger partial charge is 0.257 e. The predicted octanol–water partition coefficient (Wildman–Crippen LogP) is 3.60. The van der Waals surface area contributed by atoms with E-state index in [2.05, 4.69) is 21.2 Å². The standard InChI is InChI=1S/C15H15BrN2O2/c1-9-7-10(3-5-13(9)16)18-15(19)12-8-11(20-2)4-6-14(12)17/h3-8H,17H2,1-2H3,(H,18,19). The molecule has 2 aromatic carbocycles. The number of carbonyl (C=O) groups is 1. The number of halogens is 1. The molecule has 0 aliphatic rings. The summed E-state index contributed by atoms with van der Waals surface area (Å²) in [6, 6.07) is 10.6. The van der Waals surface area contributed by atoms with E-state index < -0.39 is 0 Å². The molecule has 3 N–H and O–H groups in total. The maximum atomic E-state index is 12.2. The molecule has 0 aliphatic heterocycles. The van der Waals surface area contributed by atoms with Crippen LogP contribution in [-0.2, 0) is 0 Å². The van der Waals surface area contributed by atoms with Gasteiger partial charge in [0.2, 0.25) is 0 Å². The first-order valence-corrected chi connectivity index (χ1v) is 6.81. The lowest BCUT2D eigenvalue weighted by Gasteiger charge is -2.10. The summed E-state index contributed by atoms with van der Waals surface area (Å²) < 4.78 is 6.10. The van der Waals surface area contributed by atoms with E-state index >= 15 is 0 Å². The van der Waals surface area contributed by atoms with E-state index in [9.17, 15) is 4.79 Å². The van der Waals surface area contributed by atoms with Crippen LogP contribution in [-0.4, -0.2) is 13.0 Å². The number of amides is 1. The second-order valence-corrected chi connectivity index (χ2v) is 5.23. The quantitative estimate of drug-likeness (QED) is 0.843. The van der Waals surface area contributed by atoms with E-state index in [1.165, 1.54) is 0 Å². The molecule has 1 amide bonds. The third-order valence-corrected chi connectivity index (χ3v) is 3.81. The van der Waals surface area contributed by atoms with Gasteiger partial charge in [0.1, 0.15) is 5.75 Å². The minimum absolute atomic E-state index is 0.261. The fourth-order valence-electron chi connectivity index (χ4n) is 1.78. The van der Waals surface area contributed by atoms with Gasteiger partial charge in [0.15, 0.2) is 0 Å². The maximum absolute atomic E-state index is 12.2. The van der Waals surface area contributed by atoms with Gasteiger partial charge >= 0.3 is 0 Å². The minimum atomic E-state index is -0.261. The molecule has 2 rings (SSSR count). The first-order chi connectivity index (χ1) is 9.51. The van der Waals surface area contributed by atoms with Crippen molar-refractivity contribution in [1.82, 2.24) is 0 Å². The predicted molar refractivity (Wildman–Crippen MR) is 84.2 cm³/mol. The number of rotatable bonds is 3. The number of aryl methyl sites for hydroxylation is 1. The maximum Gasteiger partial charge on any atom is 0.257 e. The SMILES string of the molecule is COc1ccc(N)c(C(=O)Nc2ccc(Br)c(C)c2)c1. The van der Waals surface area contributed by atoms with Crippen LogP contribution in [0.5, 0.6) is 5.75 Å². The minimum Gasteiger partial charge on any atom is -0.497 e. The van der Waals surface area contributed by atoms with Crippen LogP contribution in [0.25, 0.3) is 0 Å². The van der Waals surface area contributed by atoms with Gasteiger partial charge in [-0.2, -0.15) is 0 Å². The van der Waals surface area contributed by atoms with Gasteiger partial charge in [0.25, 0.3) is 5.91 Å². The van der Waals surface area contributed by atoms with E-state index in [1.807, 2.05) is 25.1 Å². The van der Waals surface area contributed by atoms with Crippen LogP contribution in [0.3, 0.4) is 0 Å². The molecule has 4 nitrogen and oxygen atoms in total. The van der Waals surface area contributed by atoms with E-state index in [0.717, 1.165) is 15.7 Å². The number of nitrogens with two attached hydrogens (primary N) is 1. The van der Waals surface area contributed by atoms with E-state index in [0.29, 0.717) is 17.0 Å². The van der Waals surface area contributed by atoms with Gasteiger partial charge in [-0.1, -0.05) is 15.9 Å². The Morgan fingerprint density at radius 1 is 1.25 bits per heavy atom. The molecule has 0 saturated carbocycles. The molecule has 0 radical (unpaired) electrons. The van der Waals surface area contributed by atoms with Crippen LogP contribution < -0.4 is 15.8 Å². The fraction of sp³-hybridized carbons (Fsp3) is 0.133. The molecule has 0 saturated heterocycles. The second-order valence-electron chi connectivity index (χ2n) is 4.37. The summed E-state index contributed by atoms with van der Waals surface area (Å²) >= 11 is 3.42. The summed E-state index contributed by atoms with van der Waals surface area (Å²) in [5, 5.41) is 2.82. The normalized spacial score (nSPS) is 10.2. The van der Waals surface area contributed by atoms with Gasteiger partial charge in [-0.15, -0.1) is 0 Å². The Morgan fingerprint density at radius 2 is 2.00 bits per heavy atom. The van der Waals surface area contributed by atoms with Crippen molar-refractivity contribution in [2.24, 2.45) is 0 Å². The lowest BCUT2D eigenvalue weighted by atomic mass is 10.1. The van der Waals surface area contributed by atoms with Gasteiger partial charge in [0, 0.05) is 15.8 Å². The Balaban J connectivity index is 2.25. The highest BCUT2D eigenvalue weighted by atomic mass is 79.9. The molecule has 0 fully saturated rings. The zero-order valence-corrected chi connectivity index (χ0v) is 12.8. The summed E-state index contributed by atoms with van der Waals surface area (Å²) in [4.78, 5) is 12.2. The molecule has 0 aromatic heterocycles. The van der Waals surface area contributed by atoms with Crippen molar-refractivity contribution >= 4 is 33.2 Å². The van der Waals surface area contributed by atoms with Crippen molar-refractivity contribution < 1.29 is 9.53 Å². The summed E-state index contributed by atoms with van der Waals surface area (Å²) in [5.41, 5.74) is 8.40. The third kappa shape index (κ3) is 3.11. The van der Waals surface area contributed by atoms with E-state index in [4.69, 9.17) is 10.5 Å². The Morgan fingerprint density at radius 3 is 2.65 bits per heavy atom. The average molecular weight is 335 g/mol. The monoisotopic (exact) mass is 334 g/mol. The molecule has 104 valence electrons. The summed E-state index contributed by atoms with van der Waals surface area (Å²) in [6.07, 6.45) is 0. The molecule has 2 aromatic rings. The zero-order valence-electron chi connectivity index (χ0n) is 11.2. The summed E-state index contributed by atoms with van der Waals surface area (Å²) in [5.74, 6) is 0.333. The van der Waals surface area contributed by atoms with Gasteiger partial charge in [-0.05, 0) is 48.9 Å². The Labute approximate surface area is 126 Å². The van der Waals surface area contributed by atoms with Gasteiger partial charge in [-0.25, -0.2) is 0 Å². The molecule has 0 bridgehead atoms. The number of benzene rings is 2. The number of nitrogen functional groups attached to an aromatic ring is 1. The molecule has 0 heterocycles. The van der Waals surface area contributed by atoms with Crippen molar-refractivity contribution in [3.63, 3.8) is 0 Å². The largest absolute Gasteiger partial charge is 0.497 e. The highest BCUT2D eigenvalue weighted by Crippen LogP contribution is 2.23. The number of hydrogen-bond acceptors (Lipinski definition) is 3. The molecule has 0 aliphatic carbocycles.